The zero-order valence-electron chi connectivity index (χ0n) is 17.1. The second-order valence-corrected chi connectivity index (χ2v) is 7.15. The fourth-order valence-electron chi connectivity index (χ4n) is 1.80. The molecule has 0 aliphatic carbocycles. The van der Waals surface area contributed by atoms with Gasteiger partial charge in [-0.3, -0.25) is 0 Å². The van der Waals surface area contributed by atoms with Crippen LogP contribution in [0, 0.1) is 0 Å². The molecule has 2 heterocycles. The van der Waals surface area contributed by atoms with Gasteiger partial charge in [0.15, 0.2) is 0 Å². The van der Waals surface area contributed by atoms with E-state index in [0.717, 1.165) is 19.6 Å². The van der Waals surface area contributed by atoms with Crippen LogP contribution in [0.5, 0.6) is 0 Å². The van der Waals surface area contributed by atoms with Crippen LogP contribution in [-0.4, -0.2) is 55.1 Å². The molecule has 10 nitrogen and oxygen atoms in total. The molecule has 0 radical (unpaired) electrons. The van der Waals surface area contributed by atoms with Crippen molar-refractivity contribution in [3.05, 3.63) is 10.6 Å². The van der Waals surface area contributed by atoms with Crippen molar-refractivity contribution in [1.29, 1.82) is 0 Å². The molecule has 2 rings (SSSR count). The monoisotopic (exact) mass is 430 g/mol. The fraction of sp³-hybridized carbons (Fsp3) is 0.625. The molecule has 0 aliphatic rings. The van der Waals surface area contributed by atoms with Gasteiger partial charge in [-0.05, 0) is 64.7 Å². The van der Waals surface area contributed by atoms with Crippen molar-refractivity contribution in [2.75, 3.05) is 40.9 Å². The number of hydrogen-bond acceptors (Lipinski definition) is 10. The predicted molar refractivity (Wildman–Crippen MR) is 116 cm³/mol. The van der Waals surface area contributed by atoms with Gasteiger partial charge in [-0.15, -0.1) is 0 Å². The zero-order chi connectivity index (χ0) is 21.2. The third-order valence-electron chi connectivity index (χ3n) is 2.71. The van der Waals surface area contributed by atoms with Gasteiger partial charge in [-0.1, -0.05) is 0 Å². The summed E-state index contributed by atoms with van der Waals surface area (Å²) in [5, 5.41) is 12.4. The minimum atomic E-state index is -0.103. The summed E-state index contributed by atoms with van der Waals surface area (Å²) >= 11 is 11.5. The quantitative estimate of drug-likeness (QED) is 0.517. The van der Waals surface area contributed by atoms with Crippen molar-refractivity contribution in [1.82, 2.24) is 29.9 Å². The lowest BCUT2D eigenvalue weighted by molar-refractivity contribution is 0.625. The van der Waals surface area contributed by atoms with E-state index >= 15 is 0 Å². The maximum absolute atomic E-state index is 5.77. The summed E-state index contributed by atoms with van der Waals surface area (Å²) in [7, 11) is 0. The van der Waals surface area contributed by atoms with Crippen LogP contribution < -0.4 is 21.3 Å². The molecule has 2 aromatic heterocycles. The molecule has 0 saturated heterocycles. The fourth-order valence-corrected chi connectivity index (χ4v) is 2.12. The van der Waals surface area contributed by atoms with Crippen LogP contribution in [0.1, 0.15) is 41.5 Å². The van der Waals surface area contributed by atoms with E-state index in [2.05, 4.69) is 51.2 Å². The Labute approximate surface area is 175 Å². The number of halogens is 2. The second kappa shape index (κ2) is 11.6. The maximum atomic E-state index is 5.77. The highest BCUT2D eigenvalue weighted by molar-refractivity contribution is 6.28. The normalized spacial score (nSPS) is 10.6. The van der Waals surface area contributed by atoms with Gasteiger partial charge in [0.2, 0.25) is 34.4 Å². The Morgan fingerprint density at radius 1 is 0.607 bits per heavy atom. The van der Waals surface area contributed by atoms with E-state index in [9.17, 15) is 0 Å². The lowest BCUT2D eigenvalue weighted by atomic mass is 10.1. The third-order valence-corrected chi connectivity index (χ3v) is 3.05. The standard InChI is InChI=1S/C9H16ClN5.C7H12ClN5/c1-5-11-7-12-6(10)13-8(14-7)15-9(2,3)4;1-3-9-6-11-5(8)12-7(13-6)10-4-2/h5H2,1-4H3,(H2,11,12,13,14,15);3-4H2,1-2H3,(H2,9,10,11,12,13). The van der Waals surface area contributed by atoms with Gasteiger partial charge in [0.1, 0.15) is 0 Å². The van der Waals surface area contributed by atoms with Gasteiger partial charge >= 0.3 is 0 Å². The lowest BCUT2D eigenvalue weighted by Crippen LogP contribution is -2.27. The maximum Gasteiger partial charge on any atom is 0.229 e. The molecule has 2 aromatic rings. The first kappa shape index (κ1) is 23.8. The molecule has 0 aliphatic heterocycles. The van der Waals surface area contributed by atoms with E-state index < -0.39 is 0 Å². The summed E-state index contributed by atoms with van der Waals surface area (Å²) in [4.78, 5) is 24.0. The first-order chi connectivity index (χ1) is 13.2. The Morgan fingerprint density at radius 2 is 0.929 bits per heavy atom. The number of nitrogens with zero attached hydrogens (tertiary/aromatic N) is 6. The summed E-state index contributed by atoms with van der Waals surface area (Å²) in [5.74, 6) is 1.97. The number of nitrogens with one attached hydrogen (secondary N) is 4. The SMILES string of the molecule is CCNc1nc(Cl)nc(NC(C)(C)C)n1.CCNc1nc(Cl)nc(NCC)n1. The third kappa shape index (κ3) is 9.65. The lowest BCUT2D eigenvalue weighted by Gasteiger charge is -2.20. The Kier molecular flexibility index (Phi) is 9.88. The topological polar surface area (TPSA) is 125 Å². The van der Waals surface area contributed by atoms with E-state index in [0.29, 0.717) is 23.8 Å². The van der Waals surface area contributed by atoms with Crippen LogP contribution in [0.25, 0.3) is 0 Å². The molecule has 0 spiro atoms. The molecule has 0 bridgehead atoms. The van der Waals surface area contributed by atoms with Crippen LogP contribution in [0.4, 0.5) is 23.8 Å². The van der Waals surface area contributed by atoms with Crippen LogP contribution in [0.3, 0.4) is 0 Å². The van der Waals surface area contributed by atoms with Crippen LogP contribution in [0.15, 0.2) is 0 Å². The largest absolute Gasteiger partial charge is 0.354 e. The zero-order valence-corrected chi connectivity index (χ0v) is 18.6. The number of hydrogen-bond donors (Lipinski definition) is 4. The summed E-state index contributed by atoms with van der Waals surface area (Å²) < 4.78 is 0. The molecule has 12 heteroatoms. The average Bonchev–Trinajstić information content (AvgIpc) is 2.53. The van der Waals surface area contributed by atoms with Crippen molar-refractivity contribution < 1.29 is 0 Å². The molecule has 4 N–H and O–H groups in total. The smallest absolute Gasteiger partial charge is 0.229 e. The molecule has 0 amide bonds. The van der Waals surface area contributed by atoms with E-state index in [1.807, 2.05) is 41.5 Å². The molecule has 0 atom stereocenters. The van der Waals surface area contributed by atoms with Crippen molar-refractivity contribution >= 4 is 47.0 Å². The van der Waals surface area contributed by atoms with Crippen molar-refractivity contribution in [2.24, 2.45) is 0 Å². The number of anilines is 4. The highest BCUT2D eigenvalue weighted by Gasteiger charge is 2.12. The average molecular weight is 431 g/mol. The van der Waals surface area contributed by atoms with Crippen molar-refractivity contribution in [3.8, 4) is 0 Å². The van der Waals surface area contributed by atoms with Crippen LogP contribution >= 0.6 is 23.2 Å². The second-order valence-electron chi connectivity index (χ2n) is 6.47. The van der Waals surface area contributed by atoms with E-state index in [1.54, 1.807) is 0 Å². The molecule has 156 valence electrons. The van der Waals surface area contributed by atoms with Crippen LogP contribution in [-0.2, 0) is 0 Å². The Bertz CT molecular complexity index is 712. The molecule has 0 aromatic carbocycles. The van der Waals surface area contributed by atoms with Gasteiger partial charge in [0.25, 0.3) is 0 Å². The summed E-state index contributed by atoms with van der Waals surface area (Å²) in [6.07, 6.45) is 0. The van der Waals surface area contributed by atoms with Gasteiger partial charge in [0, 0.05) is 25.2 Å². The molecular weight excluding hydrogens is 403 g/mol. The van der Waals surface area contributed by atoms with E-state index in [1.165, 1.54) is 0 Å². The van der Waals surface area contributed by atoms with Gasteiger partial charge in [-0.2, -0.15) is 29.9 Å². The predicted octanol–water partition coefficient (Wildman–Crippen LogP) is 3.56. The summed E-state index contributed by atoms with van der Waals surface area (Å²) in [6.45, 7) is 14.2. The Hall–Kier alpha value is -2.20. The highest BCUT2D eigenvalue weighted by atomic mass is 35.5. The summed E-state index contributed by atoms with van der Waals surface area (Å²) in [5.41, 5.74) is -0.103. The molecule has 0 unspecified atom stereocenters. The van der Waals surface area contributed by atoms with Crippen molar-refractivity contribution in [3.63, 3.8) is 0 Å². The minimum Gasteiger partial charge on any atom is -0.354 e. The Morgan fingerprint density at radius 3 is 1.25 bits per heavy atom. The first-order valence-electron chi connectivity index (χ1n) is 8.99. The van der Waals surface area contributed by atoms with E-state index in [4.69, 9.17) is 23.2 Å². The number of rotatable bonds is 7. The number of aromatic nitrogens is 6. The molecule has 0 fully saturated rings. The Balaban J connectivity index is 0.000000283. The molecule has 0 saturated carbocycles. The van der Waals surface area contributed by atoms with Gasteiger partial charge in [-0.25, -0.2) is 0 Å². The van der Waals surface area contributed by atoms with Crippen LogP contribution in [0.2, 0.25) is 10.6 Å². The van der Waals surface area contributed by atoms with Crippen molar-refractivity contribution in [2.45, 2.75) is 47.1 Å². The molecular formula is C16H28Cl2N10. The summed E-state index contributed by atoms with van der Waals surface area (Å²) in [6, 6.07) is 0. The molecule has 28 heavy (non-hydrogen) atoms. The van der Waals surface area contributed by atoms with E-state index in [-0.39, 0.29) is 16.1 Å². The first-order valence-corrected chi connectivity index (χ1v) is 9.75. The highest BCUT2D eigenvalue weighted by Crippen LogP contribution is 2.13. The van der Waals surface area contributed by atoms with Gasteiger partial charge < -0.3 is 21.3 Å². The minimum absolute atomic E-state index is 0.103. The van der Waals surface area contributed by atoms with Gasteiger partial charge in [0.05, 0.1) is 0 Å².